The summed E-state index contributed by atoms with van der Waals surface area (Å²) in [5.74, 6) is -0.175. The zero-order valence-corrected chi connectivity index (χ0v) is 9.57. The van der Waals surface area contributed by atoms with Crippen molar-refractivity contribution < 1.29 is 9.21 Å². The lowest BCUT2D eigenvalue weighted by atomic mass is 10.1. The molecule has 0 atom stereocenters. The Kier molecular flexibility index (Phi) is 3.22. The van der Waals surface area contributed by atoms with E-state index in [2.05, 4.69) is 5.32 Å². The zero-order valence-electron chi connectivity index (χ0n) is 9.57. The first-order valence-electron chi connectivity index (χ1n) is 4.81. The molecule has 1 aromatic rings. The summed E-state index contributed by atoms with van der Waals surface area (Å²) >= 11 is 0. The van der Waals surface area contributed by atoms with E-state index in [0.717, 1.165) is 4.90 Å². The first-order chi connectivity index (χ1) is 7.31. The Morgan fingerprint density at radius 2 is 2.19 bits per heavy atom. The van der Waals surface area contributed by atoms with E-state index in [9.17, 15) is 4.79 Å². The van der Waals surface area contributed by atoms with Gasteiger partial charge in [0.15, 0.2) is 0 Å². The maximum atomic E-state index is 11.8. The van der Waals surface area contributed by atoms with Crippen LogP contribution in [0.3, 0.4) is 0 Å². The summed E-state index contributed by atoms with van der Waals surface area (Å²) in [6, 6.07) is 2.69. The van der Waals surface area contributed by atoms with Crippen molar-refractivity contribution in [1.82, 2.24) is 5.32 Å². The number of nitrogens with zero attached hydrogens (tertiary/aromatic N) is 1. The number of furan rings is 1. The fourth-order valence-electron chi connectivity index (χ4n) is 1.10. The molecule has 0 aliphatic rings. The van der Waals surface area contributed by atoms with Crippen molar-refractivity contribution in [2.24, 2.45) is 5.73 Å². The summed E-state index contributed by atoms with van der Waals surface area (Å²) < 4.78 is 5.04. The summed E-state index contributed by atoms with van der Waals surface area (Å²) in [5.41, 5.74) is 4.93. The van der Waals surface area contributed by atoms with Gasteiger partial charge in [-0.2, -0.15) is 0 Å². The normalized spacial score (nSPS) is 10.9. The van der Waals surface area contributed by atoms with Gasteiger partial charge in [0.25, 0.3) is 0 Å². The number of rotatable bonds is 1. The van der Waals surface area contributed by atoms with Crippen LogP contribution in [0.4, 0.5) is 10.7 Å². The molecule has 4 N–H and O–H groups in total. The molecule has 0 spiro atoms. The molecule has 1 heterocycles. The molecule has 0 unspecified atom stereocenters. The topological polar surface area (TPSA) is 95.4 Å². The molecular formula is C10H16N4O2. The van der Waals surface area contributed by atoms with Crippen molar-refractivity contribution in [2.45, 2.75) is 26.3 Å². The van der Waals surface area contributed by atoms with Gasteiger partial charge in [0.1, 0.15) is 0 Å². The highest BCUT2D eigenvalue weighted by atomic mass is 16.3. The van der Waals surface area contributed by atoms with Gasteiger partial charge in [-0.1, -0.05) is 0 Å². The third-order valence-corrected chi connectivity index (χ3v) is 1.65. The standard InChI is InChI=1S/C10H16N4O2/c1-10(2,3)13-9(15)14(8(11)12)7-5-4-6-16-7/h4-6H,1-3H3,(H3,11,12)(H,13,15). The van der Waals surface area contributed by atoms with Crippen LogP contribution in [0.1, 0.15) is 20.8 Å². The van der Waals surface area contributed by atoms with Crippen LogP contribution in [-0.4, -0.2) is 17.5 Å². The van der Waals surface area contributed by atoms with E-state index in [1.54, 1.807) is 12.1 Å². The zero-order chi connectivity index (χ0) is 12.3. The highest BCUT2D eigenvalue weighted by molar-refractivity contribution is 6.13. The van der Waals surface area contributed by atoms with Gasteiger partial charge in [0.05, 0.1) is 6.26 Å². The van der Waals surface area contributed by atoms with Crippen LogP contribution in [0.25, 0.3) is 0 Å². The number of urea groups is 1. The van der Waals surface area contributed by atoms with Crippen LogP contribution in [0.5, 0.6) is 0 Å². The van der Waals surface area contributed by atoms with Gasteiger partial charge in [0, 0.05) is 11.6 Å². The second-order valence-corrected chi connectivity index (χ2v) is 4.35. The SMILES string of the molecule is CC(C)(C)NC(=O)N(C(=N)N)c1ccco1. The number of nitrogens with one attached hydrogen (secondary N) is 2. The summed E-state index contributed by atoms with van der Waals surface area (Å²) in [6.07, 6.45) is 1.41. The molecule has 0 saturated carbocycles. The van der Waals surface area contributed by atoms with Gasteiger partial charge < -0.3 is 15.5 Å². The van der Waals surface area contributed by atoms with Gasteiger partial charge in [-0.15, -0.1) is 0 Å². The molecule has 1 rings (SSSR count). The molecule has 0 fully saturated rings. The van der Waals surface area contributed by atoms with E-state index >= 15 is 0 Å². The van der Waals surface area contributed by atoms with Crippen LogP contribution >= 0.6 is 0 Å². The average Bonchev–Trinajstić information content (AvgIpc) is 2.52. The monoisotopic (exact) mass is 224 g/mol. The number of anilines is 1. The number of carbonyl (C=O) groups is 1. The van der Waals surface area contributed by atoms with E-state index in [-0.39, 0.29) is 5.88 Å². The molecule has 1 aromatic heterocycles. The summed E-state index contributed by atoms with van der Waals surface area (Å²) in [4.78, 5) is 12.8. The summed E-state index contributed by atoms with van der Waals surface area (Å²) in [5, 5.41) is 10.0. The Balaban J connectivity index is 2.88. The number of hydrogen-bond acceptors (Lipinski definition) is 3. The highest BCUT2D eigenvalue weighted by Crippen LogP contribution is 2.14. The van der Waals surface area contributed by atoms with E-state index < -0.39 is 17.5 Å². The van der Waals surface area contributed by atoms with E-state index in [1.165, 1.54) is 6.26 Å². The minimum atomic E-state index is -0.491. The van der Waals surface area contributed by atoms with Gasteiger partial charge in [-0.05, 0) is 26.8 Å². The lowest BCUT2D eigenvalue weighted by Crippen LogP contribution is -2.52. The fraction of sp³-hybridized carbons (Fsp3) is 0.400. The van der Waals surface area contributed by atoms with E-state index in [1.807, 2.05) is 20.8 Å². The second kappa shape index (κ2) is 4.26. The number of carbonyl (C=O) groups excluding carboxylic acids is 1. The number of guanidine groups is 1. The largest absolute Gasteiger partial charge is 0.448 e. The summed E-state index contributed by atoms with van der Waals surface area (Å²) in [6.45, 7) is 5.52. The molecule has 0 aromatic carbocycles. The van der Waals surface area contributed by atoms with Gasteiger partial charge in [-0.3, -0.25) is 5.41 Å². The first-order valence-corrected chi connectivity index (χ1v) is 4.81. The molecule has 0 saturated heterocycles. The average molecular weight is 224 g/mol. The molecular weight excluding hydrogens is 208 g/mol. The maximum absolute atomic E-state index is 11.8. The smallest absolute Gasteiger partial charge is 0.331 e. The lowest BCUT2D eigenvalue weighted by Gasteiger charge is -2.25. The van der Waals surface area contributed by atoms with Crippen LogP contribution in [0, 0.1) is 5.41 Å². The first kappa shape index (κ1) is 12.1. The van der Waals surface area contributed by atoms with Gasteiger partial charge in [0.2, 0.25) is 11.8 Å². The molecule has 2 amide bonds. The molecule has 6 nitrogen and oxygen atoms in total. The minimum Gasteiger partial charge on any atom is -0.448 e. The Labute approximate surface area is 93.9 Å². The number of nitrogens with two attached hydrogens (primary N) is 1. The summed E-state index contributed by atoms with van der Waals surface area (Å²) in [7, 11) is 0. The Morgan fingerprint density at radius 3 is 2.56 bits per heavy atom. The van der Waals surface area contributed by atoms with Crippen LogP contribution < -0.4 is 16.0 Å². The van der Waals surface area contributed by atoms with Crippen molar-refractivity contribution in [3.05, 3.63) is 18.4 Å². The Morgan fingerprint density at radius 1 is 1.56 bits per heavy atom. The van der Waals surface area contributed by atoms with E-state index in [0.29, 0.717) is 0 Å². The van der Waals surface area contributed by atoms with Crippen molar-refractivity contribution in [3.63, 3.8) is 0 Å². The molecule has 0 radical (unpaired) electrons. The van der Waals surface area contributed by atoms with Crippen molar-refractivity contribution in [2.75, 3.05) is 4.90 Å². The predicted octanol–water partition coefficient (Wildman–Crippen LogP) is 1.49. The minimum absolute atomic E-state index is 0.217. The predicted molar refractivity (Wildman–Crippen MR) is 61.4 cm³/mol. The third-order valence-electron chi connectivity index (χ3n) is 1.65. The van der Waals surface area contributed by atoms with Crippen LogP contribution in [-0.2, 0) is 0 Å². The van der Waals surface area contributed by atoms with Crippen LogP contribution in [0.15, 0.2) is 22.8 Å². The van der Waals surface area contributed by atoms with Crippen molar-refractivity contribution in [3.8, 4) is 0 Å². The molecule has 0 aliphatic heterocycles. The molecule has 6 heteroatoms. The number of hydrogen-bond donors (Lipinski definition) is 3. The molecule has 88 valence electrons. The second-order valence-electron chi connectivity index (χ2n) is 4.35. The maximum Gasteiger partial charge on any atom is 0.331 e. The number of amides is 2. The van der Waals surface area contributed by atoms with Crippen molar-refractivity contribution in [1.29, 1.82) is 5.41 Å². The van der Waals surface area contributed by atoms with Gasteiger partial charge >= 0.3 is 6.03 Å². The van der Waals surface area contributed by atoms with Crippen LogP contribution in [0.2, 0.25) is 0 Å². The van der Waals surface area contributed by atoms with E-state index in [4.69, 9.17) is 15.6 Å². The molecule has 0 bridgehead atoms. The highest BCUT2D eigenvalue weighted by Gasteiger charge is 2.24. The molecule has 0 aliphatic carbocycles. The quantitative estimate of drug-likeness (QED) is 0.498. The Bertz CT molecular complexity index is 378. The Hall–Kier alpha value is -1.98. The third kappa shape index (κ3) is 3.01. The molecule has 16 heavy (non-hydrogen) atoms. The van der Waals surface area contributed by atoms with Gasteiger partial charge in [-0.25, -0.2) is 9.69 Å². The van der Waals surface area contributed by atoms with Crippen molar-refractivity contribution >= 4 is 17.9 Å². The lowest BCUT2D eigenvalue weighted by molar-refractivity contribution is 0.239. The fourth-order valence-corrected chi connectivity index (χ4v) is 1.10.